The zero-order chi connectivity index (χ0) is 16.6. The van der Waals surface area contributed by atoms with Gasteiger partial charge in [0.25, 0.3) is 0 Å². The highest BCUT2D eigenvalue weighted by atomic mass is 16.5. The van der Waals surface area contributed by atoms with Gasteiger partial charge in [0.1, 0.15) is 5.75 Å². The van der Waals surface area contributed by atoms with Crippen molar-refractivity contribution in [2.24, 2.45) is 11.3 Å². The second-order valence-corrected chi connectivity index (χ2v) is 6.59. The SMILES string of the molecule is COc1cccc([C@@H]2CN(C(=O)C3(C)COC3)C[C@H]2C(=O)O)c1. The number of carbonyl (C=O) groups is 2. The minimum Gasteiger partial charge on any atom is -0.497 e. The summed E-state index contributed by atoms with van der Waals surface area (Å²) >= 11 is 0. The van der Waals surface area contributed by atoms with Crippen molar-refractivity contribution in [2.75, 3.05) is 33.4 Å². The first kappa shape index (κ1) is 15.8. The molecule has 0 unspecified atom stereocenters. The van der Waals surface area contributed by atoms with Crippen molar-refractivity contribution < 1.29 is 24.2 Å². The summed E-state index contributed by atoms with van der Waals surface area (Å²) in [5.41, 5.74) is 0.383. The van der Waals surface area contributed by atoms with Gasteiger partial charge in [-0.1, -0.05) is 12.1 Å². The van der Waals surface area contributed by atoms with Gasteiger partial charge in [-0.2, -0.15) is 0 Å². The highest BCUT2D eigenvalue weighted by Crippen LogP contribution is 2.38. The third-order valence-electron chi connectivity index (χ3n) is 4.80. The molecular weight excluding hydrogens is 298 g/mol. The van der Waals surface area contributed by atoms with Crippen molar-refractivity contribution >= 4 is 11.9 Å². The summed E-state index contributed by atoms with van der Waals surface area (Å²) in [6.45, 7) is 3.34. The Morgan fingerprint density at radius 2 is 2.09 bits per heavy atom. The molecule has 2 aliphatic heterocycles. The lowest BCUT2D eigenvalue weighted by atomic mass is 9.87. The predicted octanol–water partition coefficient (Wildman–Crippen LogP) is 1.36. The predicted molar refractivity (Wildman–Crippen MR) is 82.4 cm³/mol. The number of rotatable bonds is 4. The fraction of sp³-hybridized carbons (Fsp3) is 0.529. The first-order chi connectivity index (χ1) is 10.9. The number of hydrogen-bond acceptors (Lipinski definition) is 4. The van der Waals surface area contributed by atoms with E-state index in [0.717, 1.165) is 5.56 Å². The normalized spacial score (nSPS) is 25.7. The third-order valence-corrected chi connectivity index (χ3v) is 4.80. The number of carboxylic acids is 1. The molecule has 1 aromatic carbocycles. The summed E-state index contributed by atoms with van der Waals surface area (Å²) in [7, 11) is 1.58. The summed E-state index contributed by atoms with van der Waals surface area (Å²) in [5, 5.41) is 9.55. The van der Waals surface area contributed by atoms with Crippen molar-refractivity contribution in [3.05, 3.63) is 29.8 Å². The number of ether oxygens (including phenoxy) is 2. The summed E-state index contributed by atoms with van der Waals surface area (Å²) < 4.78 is 10.4. The van der Waals surface area contributed by atoms with Gasteiger partial charge in [0.2, 0.25) is 5.91 Å². The van der Waals surface area contributed by atoms with Crippen molar-refractivity contribution in [1.29, 1.82) is 0 Å². The first-order valence-corrected chi connectivity index (χ1v) is 7.68. The zero-order valence-electron chi connectivity index (χ0n) is 13.3. The monoisotopic (exact) mass is 319 g/mol. The van der Waals surface area contributed by atoms with E-state index in [2.05, 4.69) is 0 Å². The smallest absolute Gasteiger partial charge is 0.308 e. The third kappa shape index (κ3) is 2.79. The van der Waals surface area contributed by atoms with Gasteiger partial charge < -0.3 is 19.5 Å². The maximum atomic E-state index is 12.6. The number of methoxy groups -OCH3 is 1. The molecule has 6 nitrogen and oxygen atoms in total. The largest absolute Gasteiger partial charge is 0.497 e. The van der Waals surface area contributed by atoms with Crippen LogP contribution in [0.4, 0.5) is 0 Å². The molecule has 0 spiro atoms. The number of benzene rings is 1. The maximum absolute atomic E-state index is 12.6. The number of amides is 1. The van der Waals surface area contributed by atoms with Gasteiger partial charge in [-0.05, 0) is 24.6 Å². The summed E-state index contributed by atoms with van der Waals surface area (Å²) in [5.74, 6) is -1.02. The molecule has 2 atom stereocenters. The molecule has 2 heterocycles. The number of aliphatic carboxylic acids is 1. The average molecular weight is 319 g/mol. The summed E-state index contributed by atoms with van der Waals surface area (Å²) in [6, 6.07) is 7.41. The van der Waals surface area contributed by atoms with E-state index in [1.54, 1.807) is 12.0 Å². The number of hydrogen-bond donors (Lipinski definition) is 1. The topological polar surface area (TPSA) is 76.1 Å². The lowest BCUT2D eigenvalue weighted by Gasteiger charge is -2.39. The Bertz CT molecular complexity index is 625. The Morgan fingerprint density at radius 3 is 2.65 bits per heavy atom. The Morgan fingerprint density at radius 1 is 1.35 bits per heavy atom. The van der Waals surface area contributed by atoms with E-state index < -0.39 is 17.3 Å². The molecule has 2 fully saturated rings. The molecule has 1 aromatic rings. The highest BCUT2D eigenvalue weighted by Gasteiger charge is 2.48. The molecule has 0 aromatic heterocycles. The van der Waals surface area contributed by atoms with Crippen molar-refractivity contribution in [3.63, 3.8) is 0 Å². The van der Waals surface area contributed by atoms with Crippen molar-refractivity contribution in [1.82, 2.24) is 4.90 Å². The Labute approximate surface area is 135 Å². The molecule has 1 N–H and O–H groups in total. The van der Waals surface area contributed by atoms with Gasteiger partial charge in [-0.15, -0.1) is 0 Å². The fourth-order valence-corrected chi connectivity index (χ4v) is 3.34. The van der Waals surface area contributed by atoms with Gasteiger partial charge in [0.05, 0.1) is 31.7 Å². The second kappa shape index (κ2) is 5.85. The zero-order valence-corrected chi connectivity index (χ0v) is 13.3. The Kier molecular flexibility index (Phi) is 4.02. The van der Waals surface area contributed by atoms with Crippen LogP contribution in [0.2, 0.25) is 0 Å². The van der Waals surface area contributed by atoms with Crippen LogP contribution in [0.5, 0.6) is 5.75 Å². The molecule has 0 bridgehead atoms. The van der Waals surface area contributed by atoms with Gasteiger partial charge >= 0.3 is 5.97 Å². The average Bonchev–Trinajstić information content (AvgIpc) is 2.97. The molecule has 1 amide bonds. The van der Waals surface area contributed by atoms with Crippen LogP contribution in [-0.2, 0) is 14.3 Å². The minimum absolute atomic E-state index is 0.0135. The Hall–Kier alpha value is -2.08. The van der Waals surface area contributed by atoms with Crippen LogP contribution < -0.4 is 4.74 Å². The molecule has 3 rings (SSSR count). The number of likely N-dealkylation sites (tertiary alicyclic amines) is 1. The lowest BCUT2D eigenvalue weighted by molar-refractivity contribution is -0.167. The molecule has 2 saturated heterocycles. The highest BCUT2D eigenvalue weighted by molar-refractivity contribution is 5.85. The first-order valence-electron chi connectivity index (χ1n) is 7.68. The van der Waals surface area contributed by atoms with E-state index in [0.29, 0.717) is 25.5 Å². The van der Waals surface area contributed by atoms with E-state index >= 15 is 0 Å². The number of carbonyl (C=O) groups excluding carboxylic acids is 1. The molecule has 0 saturated carbocycles. The minimum atomic E-state index is -0.872. The lowest BCUT2D eigenvalue weighted by Crippen LogP contribution is -2.53. The van der Waals surface area contributed by atoms with E-state index in [9.17, 15) is 14.7 Å². The molecule has 124 valence electrons. The van der Waals surface area contributed by atoms with Gasteiger partial charge in [-0.3, -0.25) is 9.59 Å². The van der Waals surface area contributed by atoms with Crippen LogP contribution in [0.1, 0.15) is 18.4 Å². The maximum Gasteiger partial charge on any atom is 0.308 e. The molecule has 6 heteroatoms. The van der Waals surface area contributed by atoms with E-state index in [1.165, 1.54) is 0 Å². The molecule has 2 aliphatic rings. The Balaban J connectivity index is 1.84. The van der Waals surface area contributed by atoms with Crippen molar-refractivity contribution in [2.45, 2.75) is 12.8 Å². The van der Waals surface area contributed by atoms with Crippen LogP contribution >= 0.6 is 0 Å². The standard InChI is InChI=1S/C17H21NO5/c1-17(9-23-10-17)16(21)18-7-13(14(8-18)15(19)20)11-4-3-5-12(6-11)22-2/h3-6,13-14H,7-10H2,1-2H3,(H,19,20)/t13-,14+/m0/s1. The quantitative estimate of drug-likeness (QED) is 0.907. The van der Waals surface area contributed by atoms with E-state index in [4.69, 9.17) is 9.47 Å². The molecule has 23 heavy (non-hydrogen) atoms. The van der Waals surface area contributed by atoms with Gasteiger partial charge in [-0.25, -0.2) is 0 Å². The summed E-state index contributed by atoms with van der Waals surface area (Å²) in [4.78, 5) is 26.0. The van der Waals surface area contributed by atoms with Crippen LogP contribution in [0, 0.1) is 11.3 Å². The second-order valence-electron chi connectivity index (χ2n) is 6.59. The molecular formula is C17H21NO5. The van der Waals surface area contributed by atoms with Crippen LogP contribution in [0.15, 0.2) is 24.3 Å². The van der Waals surface area contributed by atoms with Crippen LogP contribution in [-0.4, -0.2) is 55.3 Å². The summed E-state index contributed by atoms with van der Waals surface area (Å²) in [6.07, 6.45) is 0. The van der Waals surface area contributed by atoms with Crippen molar-refractivity contribution in [3.8, 4) is 5.75 Å². The van der Waals surface area contributed by atoms with E-state index in [-0.39, 0.29) is 18.4 Å². The number of nitrogens with zero attached hydrogens (tertiary/aromatic N) is 1. The van der Waals surface area contributed by atoms with Gasteiger partial charge in [0.15, 0.2) is 0 Å². The molecule has 0 radical (unpaired) electrons. The number of carboxylic acid groups (broad SMARTS) is 1. The van der Waals surface area contributed by atoms with E-state index in [1.807, 2.05) is 31.2 Å². The van der Waals surface area contributed by atoms with Crippen LogP contribution in [0.3, 0.4) is 0 Å². The fourth-order valence-electron chi connectivity index (χ4n) is 3.34. The van der Waals surface area contributed by atoms with Gasteiger partial charge in [0, 0.05) is 19.0 Å². The van der Waals surface area contributed by atoms with Crippen LogP contribution in [0.25, 0.3) is 0 Å². The molecule has 0 aliphatic carbocycles.